The monoisotopic (exact) mass is 486 g/mol. The van der Waals surface area contributed by atoms with Crippen molar-refractivity contribution < 1.29 is 23.8 Å². The Hall–Kier alpha value is -3.10. The van der Waals surface area contributed by atoms with Gasteiger partial charge in [-0.2, -0.15) is 0 Å². The molecule has 0 saturated heterocycles. The smallest absolute Gasteiger partial charge is 0.276 e. The summed E-state index contributed by atoms with van der Waals surface area (Å²) in [6.07, 6.45) is 0. The second kappa shape index (κ2) is 11.3. The first-order chi connectivity index (χ1) is 15.1. The lowest BCUT2D eigenvalue weighted by atomic mass is 10.1. The number of amides is 2. The average Bonchev–Trinajstić information content (AvgIpc) is 2.80. The van der Waals surface area contributed by atoms with Crippen molar-refractivity contribution >= 4 is 38.5 Å². The zero-order chi connectivity index (χ0) is 22.1. The largest absolute Gasteiger partial charge is 0.491 e. The number of nitrogens with one attached hydrogen (secondary N) is 2. The molecule has 162 valence electrons. The molecule has 0 radical (unpaired) electrons. The van der Waals surface area contributed by atoms with Crippen LogP contribution < -0.4 is 20.3 Å². The summed E-state index contributed by atoms with van der Waals surface area (Å²) in [6.45, 7) is 3.24. The Bertz CT molecular complexity index is 1040. The van der Waals surface area contributed by atoms with Crippen molar-refractivity contribution in [3.05, 3.63) is 70.7 Å². The van der Waals surface area contributed by atoms with Crippen LogP contribution in [0.5, 0.6) is 11.5 Å². The molecule has 0 aliphatic carbocycles. The van der Waals surface area contributed by atoms with Gasteiger partial charge in [0.2, 0.25) is 0 Å². The van der Waals surface area contributed by atoms with Crippen molar-refractivity contribution in [3.8, 4) is 11.5 Å². The van der Waals surface area contributed by atoms with Crippen molar-refractivity contribution in [3.63, 3.8) is 0 Å². The average molecular weight is 487 g/mol. The van der Waals surface area contributed by atoms with Crippen molar-refractivity contribution in [2.75, 3.05) is 26.4 Å². The van der Waals surface area contributed by atoms with E-state index >= 15 is 0 Å². The molecule has 3 rings (SSSR count). The number of rotatable bonds is 9. The highest BCUT2D eigenvalue weighted by molar-refractivity contribution is 9.10. The van der Waals surface area contributed by atoms with Crippen LogP contribution in [0.3, 0.4) is 0 Å². The van der Waals surface area contributed by atoms with Gasteiger partial charge in [0, 0.05) is 12.2 Å². The molecule has 0 atom stereocenters. The van der Waals surface area contributed by atoms with Gasteiger partial charge in [0.05, 0.1) is 11.1 Å². The number of hydrogen-bond acceptors (Lipinski definition) is 5. The minimum absolute atomic E-state index is 0.246. The van der Waals surface area contributed by atoms with Gasteiger partial charge in [-0.15, -0.1) is 0 Å². The van der Waals surface area contributed by atoms with E-state index in [2.05, 4.69) is 26.8 Å². The summed E-state index contributed by atoms with van der Waals surface area (Å²) in [6, 6.07) is 18.1. The molecule has 8 heteroatoms. The van der Waals surface area contributed by atoms with Gasteiger partial charge < -0.3 is 14.2 Å². The first kappa shape index (κ1) is 22.6. The SMILES string of the molecule is CCOCCOc1ccc(C(=O)NNC(=O)COc2ccc3ccccc3c2Br)cc1. The number of carbonyl (C=O) groups is 2. The van der Waals surface area contributed by atoms with Gasteiger partial charge in [0.25, 0.3) is 11.8 Å². The number of benzene rings is 3. The van der Waals surface area contributed by atoms with Crippen molar-refractivity contribution in [1.29, 1.82) is 0 Å². The van der Waals surface area contributed by atoms with Gasteiger partial charge in [-0.1, -0.05) is 30.3 Å². The fourth-order valence-corrected chi connectivity index (χ4v) is 3.38. The molecule has 31 heavy (non-hydrogen) atoms. The second-order valence-electron chi connectivity index (χ2n) is 6.46. The Morgan fingerprint density at radius 1 is 0.903 bits per heavy atom. The van der Waals surface area contributed by atoms with Crippen LogP contribution in [0.1, 0.15) is 17.3 Å². The van der Waals surface area contributed by atoms with Gasteiger partial charge in [-0.05, 0) is 64.0 Å². The maximum Gasteiger partial charge on any atom is 0.276 e. The van der Waals surface area contributed by atoms with Crippen molar-refractivity contribution in [2.45, 2.75) is 6.92 Å². The van der Waals surface area contributed by atoms with E-state index in [0.29, 0.717) is 36.9 Å². The Kier molecular flexibility index (Phi) is 8.26. The number of hydrazine groups is 1. The number of carbonyl (C=O) groups excluding carboxylic acids is 2. The molecular weight excluding hydrogens is 464 g/mol. The van der Waals surface area contributed by atoms with Crippen LogP contribution in [-0.2, 0) is 9.53 Å². The molecule has 0 aliphatic rings. The first-order valence-electron chi connectivity index (χ1n) is 9.78. The number of hydrogen-bond donors (Lipinski definition) is 2. The molecule has 0 saturated carbocycles. The molecule has 0 bridgehead atoms. The lowest BCUT2D eigenvalue weighted by Crippen LogP contribution is -2.43. The lowest BCUT2D eigenvalue weighted by Gasteiger charge is -2.11. The van der Waals surface area contributed by atoms with Crippen molar-refractivity contribution in [1.82, 2.24) is 10.9 Å². The summed E-state index contributed by atoms with van der Waals surface area (Å²) in [5.41, 5.74) is 5.10. The van der Waals surface area contributed by atoms with Crippen LogP contribution in [0.25, 0.3) is 10.8 Å². The highest BCUT2D eigenvalue weighted by Crippen LogP contribution is 2.32. The van der Waals surface area contributed by atoms with E-state index in [0.717, 1.165) is 15.2 Å². The molecule has 0 spiro atoms. The minimum atomic E-state index is -0.482. The van der Waals surface area contributed by atoms with Crippen molar-refractivity contribution in [2.24, 2.45) is 0 Å². The topological polar surface area (TPSA) is 85.9 Å². The molecule has 7 nitrogen and oxygen atoms in total. The fraction of sp³-hybridized carbons (Fsp3) is 0.217. The van der Waals surface area contributed by atoms with E-state index in [1.807, 2.05) is 37.3 Å². The summed E-state index contributed by atoms with van der Waals surface area (Å²) in [7, 11) is 0. The third kappa shape index (κ3) is 6.44. The van der Waals surface area contributed by atoms with Crippen LogP contribution in [0.15, 0.2) is 65.1 Å². The standard InChI is InChI=1S/C23H23BrN2O5/c1-2-29-13-14-30-18-10-7-17(8-11-18)23(28)26-25-21(27)15-31-20-12-9-16-5-3-4-6-19(16)22(20)24/h3-12H,2,13-15H2,1H3,(H,25,27)(H,26,28). The molecule has 0 heterocycles. The van der Waals surface area contributed by atoms with E-state index in [1.54, 1.807) is 30.3 Å². The van der Waals surface area contributed by atoms with Crippen LogP contribution >= 0.6 is 15.9 Å². The van der Waals surface area contributed by atoms with E-state index in [4.69, 9.17) is 14.2 Å². The van der Waals surface area contributed by atoms with E-state index in [1.165, 1.54) is 0 Å². The summed E-state index contributed by atoms with van der Waals surface area (Å²) in [4.78, 5) is 24.3. The molecule has 2 amide bonds. The van der Waals surface area contributed by atoms with E-state index in [-0.39, 0.29) is 6.61 Å². The Morgan fingerprint density at radius 3 is 2.45 bits per heavy atom. The Balaban J connectivity index is 1.45. The number of ether oxygens (including phenoxy) is 3. The van der Waals surface area contributed by atoms with Gasteiger partial charge in [0.15, 0.2) is 6.61 Å². The summed E-state index contributed by atoms with van der Waals surface area (Å²) < 4.78 is 17.1. The van der Waals surface area contributed by atoms with Gasteiger partial charge in [-0.3, -0.25) is 20.4 Å². The van der Waals surface area contributed by atoms with Crippen LogP contribution in [0, 0.1) is 0 Å². The zero-order valence-corrected chi connectivity index (χ0v) is 18.6. The second-order valence-corrected chi connectivity index (χ2v) is 7.25. The minimum Gasteiger partial charge on any atom is -0.491 e. The van der Waals surface area contributed by atoms with E-state index < -0.39 is 11.8 Å². The molecular formula is C23H23BrN2O5. The summed E-state index contributed by atoms with van der Waals surface area (Å²) in [5, 5.41) is 2.04. The van der Waals surface area contributed by atoms with Crippen LogP contribution in [-0.4, -0.2) is 38.2 Å². The maximum absolute atomic E-state index is 12.2. The lowest BCUT2D eigenvalue weighted by molar-refractivity contribution is -0.123. The number of fused-ring (bicyclic) bond motifs is 1. The van der Waals surface area contributed by atoms with Crippen LogP contribution in [0.4, 0.5) is 0 Å². The maximum atomic E-state index is 12.2. The quantitative estimate of drug-likeness (QED) is 0.354. The number of halogens is 1. The zero-order valence-electron chi connectivity index (χ0n) is 17.0. The van der Waals surface area contributed by atoms with Gasteiger partial charge >= 0.3 is 0 Å². The first-order valence-corrected chi connectivity index (χ1v) is 10.6. The predicted octanol–water partition coefficient (Wildman–Crippen LogP) is 3.86. The van der Waals surface area contributed by atoms with Crippen LogP contribution in [0.2, 0.25) is 0 Å². The highest BCUT2D eigenvalue weighted by atomic mass is 79.9. The predicted molar refractivity (Wildman–Crippen MR) is 121 cm³/mol. The molecule has 0 unspecified atom stereocenters. The summed E-state index contributed by atoms with van der Waals surface area (Å²) >= 11 is 3.51. The fourth-order valence-electron chi connectivity index (χ4n) is 2.77. The third-order valence-electron chi connectivity index (χ3n) is 4.32. The highest BCUT2D eigenvalue weighted by Gasteiger charge is 2.11. The molecule has 0 aromatic heterocycles. The van der Waals surface area contributed by atoms with Gasteiger partial charge in [-0.25, -0.2) is 0 Å². The summed E-state index contributed by atoms with van der Waals surface area (Å²) in [5.74, 6) is 0.250. The molecule has 2 N–H and O–H groups in total. The molecule has 3 aromatic rings. The molecule has 0 aliphatic heterocycles. The van der Waals surface area contributed by atoms with Gasteiger partial charge in [0.1, 0.15) is 18.1 Å². The molecule has 0 fully saturated rings. The van der Waals surface area contributed by atoms with E-state index in [9.17, 15) is 9.59 Å². The Labute approximate surface area is 188 Å². The normalized spacial score (nSPS) is 10.5. The third-order valence-corrected chi connectivity index (χ3v) is 5.14. The molecule has 3 aromatic carbocycles. The Morgan fingerprint density at radius 2 is 1.68 bits per heavy atom.